The van der Waals surface area contributed by atoms with Gasteiger partial charge in [0.25, 0.3) is 0 Å². The Morgan fingerprint density at radius 2 is 2.00 bits per heavy atom. The predicted octanol–water partition coefficient (Wildman–Crippen LogP) is 1.87. The van der Waals surface area contributed by atoms with Crippen LogP contribution in [-0.4, -0.2) is 28.0 Å². The second-order valence-corrected chi connectivity index (χ2v) is 5.10. The molecule has 0 aliphatic rings. The first kappa shape index (κ1) is 15.2. The van der Waals surface area contributed by atoms with Crippen LogP contribution in [0.2, 0.25) is 0 Å². The lowest BCUT2D eigenvalue weighted by Crippen LogP contribution is -2.36. The Morgan fingerprint density at radius 3 is 2.50 bits per heavy atom. The van der Waals surface area contributed by atoms with Crippen molar-refractivity contribution < 1.29 is 5.11 Å². The van der Waals surface area contributed by atoms with Gasteiger partial charge < -0.3 is 10.4 Å². The summed E-state index contributed by atoms with van der Waals surface area (Å²) in [5, 5.41) is 17.4. The minimum absolute atomic E-state index is 0.0224. The topological polar surface area (TPSA) is 50.1 Å². The Bertz CT molecular complexity index is 348. The minimum Gasteiger partial charge on any atom is -0.396 e. The number of nitrogens with zero attached hydrogens (tertiary/aromatic N) is 2. The van der Waals surface area contributed by atoms with Crippen molar-refractivity contribution in [1.82, 2.24) is 15.1 Å². The molecule has 4 heteroatoms. The van der Waals surface area contributed by atoms with E-state index < -0.39 is 0 Å². The van der Waals surface area contributed by atoms with Crippen molar-refractivity contribution in [2.45, 2.75) is 46.6 Å². The van der Waals surface area contributed by atoms with Gasteiger partial charge >= 0.3 is 0 Å². The number of aliphatic hydroxyl groups is 1. The van der Waals surface area contributed by atoms with Gasteiger partial charge in [-0.05, 0) is 19.3 Å². The van der Waals surface area contributed by atoms with Gasteiger partial charge in [-0.3, -0.25) is 4.68 Å². The van der Waals surface area contributed by atoms with Crippen molar-refractivity contribution in [3.63, 3.8) is 0 Å². The molecule has 0 spiro atoms. The first-order valence-electron chi connectivity index (χ1n) is 6.93. The molecule has 0 aliphatic carbocycles. The van der Waals surface area contributed by atoms with E-state index in [2.05, 4.69) is 37.4 Å². The standard InChI is InChI=1S/C14H27N3O/c1-5-13-12(9-17(4)16-13)8-15-10-14(6-2,7-3)11-18/h9,15,18H,5-8,10-11H2,1-4H3. The second-order valence-electron chi connectivity index (χ2n) is 5.10. The molecule has 1 heterocycles. The van der Waals surface area contributed by atoms with Crippen LogP contribution in [0.25, 0.3) is 0 Å². The number of aromatic nitrogens is 2. The van der Waals surface area contributed by atoms with Crippen LogP contribution in [0.4, 0.5) is 0 Å². The highest BCUT2D eigenvalue weighted by molar-refractivity contribution is 5.16. The van der Waals surface area contributed by atoms with Crippen molar-refractivity contribution in [1.29, 1.82) is 0 Å². The fourth-order valence-corrected chi connectivity index (χ4v) is 2.27. The Kier molecular flexibility index (Phi) is 5.82. The molecule has 1 aromatic heterocycles. The van der Waals surface area contributed by atoms with Gasteiger partial charge in [0.1, 0.15) is 0 Å². The third-order valence-electron chi connectivity index (χ3n) is 3.98. The summed E-state index contributed by atoms with van der Waals surface area (Å²) >= 11 is 0. The van der Waals surface area contributed by atoms with Crippen molar-refractivity contribution in [3.05, 3.63) is 17.5 Å². The van der Waals surface area contributed by atoms with E-state index in [0.717, 1.165) is 38.0 Å². The summed E-state index contributed by atoms with van der Waals surface area (Å²) in [6.45, 7) is 8.35. The Morgan fingerprint density at radius 1 is 1.33 bits per heavy atom. The molecule has 0 saturated heterocycles. The molecule has 0 fully saturated rings. The fourth-order valence-electron chi connectivity index (χ4n) is 2.27. The average molecular weight is 253 g/mol. The summed E-state index contributed by atoms with van der Waals surface area (Å²) < 4.78 is 1.87. The molecular weight excluding hydrogens is 226 g/mol. The molecule has 104 valence electrons. The van der Waals surface area contributed by atoms with Gasteiger partial charge in [0, 0.05) is 43.9 Å². The zero-order chi connectivity index (χ0) is 13.6. The van der Waals surface area contributed by atoms with Crippen LogP contribution in [0.5, 0.6) is 0 Å². The highest BCUT2D eigenvalue weighted by Gasteiger charge is 2.24. The molecule has 1 rings (SSSR count). The molecule has 2 N–H and O–H groups in total. The number of aliphatic hydroxyl groups excluding tert-OH is 1. The van der Waals surface area contributed by atoms with Crippen LogP contribution < -0.4 is 5.32 Å². The molecular formula is C14H27N3O. The SMILES string of the molecule is CCc1nn(C)cc1CNCC(CC)(CC)CO. The maximum absolute atomic E-state index is 9.52. The van der Waals surface area contributed by atoms with E-state index in [-0.39, 0.29) is 12.0 Å². The number of hydrogen-bond donors (Lipinski definition) is 2. The largest absolute Gasteiger partial charge is 0.396 e. The number of aryl methyl sites for hydroxylation is 2. The van der Waals surface area contributed by atoms with Gasteiger partial charge in [-0.15, -0.1) is 0 Å². The zero-order valence-electron chi connectivity index (χ0n) is 12.2. The Hall–Kier alpha value is -0.870. The van der Waals surface area contributed by atoms with Crippen LogP contribution in [-0.2, 0) is 20.0 Å². The van der Waals surface area contributed by atoms with Crippen molar-refractivity contribution in [3.8, 4) is 0 Å². The zero-order valence-corrected chi connectivity index (χ0v) is 12.2. The maximum atomic E-state index is 9.52. The van der Waals surface area contributed by atoms with E-state index >= 15 is 0 Å². The molecule has 18 heavy (non-hydrogen) atoms. The quantitative estimate of drug-likeness (QED) is 0.743. The molecule has 0 radical (unpaired) electrons. The van der Waals surface area contributed by atoms with Crippen LogP contribution in [0.1, 0.15) is 44.9 Å². The summed E-state index contributed by atoms with van der Waals surface area (Å²) in [5.41, 5.74) is 2.45. The lowest BCUT2D eigenvalue weighted by atomic mass is 9.83. The lowest BCUT2D eigenvalue weighted by Gasteiger charge is -2.29. The normalized spacial score (nSPS) is 12.1. The van der Waals surface area contributed by atoms with Crippen molar-refractivity contribution in [2.75, 3.05) is 13.2 Å². The second kappa shape index (κ2) is 6.90. The van der Waals surface area contributed by atoms with Crippen LogP contribution >= 0.6 is 0 Å². The summed E-state index contributed by atoms with van der Waals surface area (Å²) in [4.78, 5) is 0. The van der Waals surface area contributed by atoms with Gasteiger partial charge in [-0.2, -0.15) is 5.10 Å². The van der Waals surface area contributed by atoms with E-state index in [1.807, 2.05) is 11.7 Å². The van der Waals surface area contributed by atoms with E-state index in [0.29, 0.717) is 0 Å². The summed E-state index contributed by atoms with van der Waals surface area (Å²) in [6, 6.07) is 0. The average Bonchev–Trinajstić information content (AvgIpc) is 2.75. The number of hydrogen-bond acceptors (Lipinski definition) is 3. The molecule has 0 aliphatic heterocycles. The summed E-state index contributed by atoms with van der Waals surface area (Å²) in [6.07, 6.45) is 5.04. The van der Waals surface area contributed by atoms with Gasteiger partial charge in [0.15, 0.2) is 0 Å². The minimum atomic E-state index is 0.0224. The monoisotopic (exact) mass is 253 g/mol. The molecule has 0 saturated carbocycles. The Balaban J connectivity index is 2.54. The van der Waals surface area contributed by atoms with Gasteiger partial charge in [-0.25, -0.2) is 0 Å². The maximum Gasteiger partial charge on any atom is 0.0666 e. The molecule has 0 atom stereocenters. The van der Waals surface area contributed by atoms with Crippen molar-refractivity contribution in [2.24, 2.45) is 12.5 Å². The first-order chi connectivity index (χ1) is 8.60. The van der Waals surface area contributed by atoms with Crippen LogP contribution in [0.15, 0.2) is 6.20 Å². The smallest absolute Gasteiger partial charge is 0.0666 e. The molecule has 0 unspecified atom stereocenters. The van der Waals surface area contributed by atoms with Crippen LogP contribution in [0.3, 0.4) is 0 Å². The predicted molar refractivity (Wildman–Crippen MR) is 74.4 cm³/mol. The van der Waals surface area contributed by atoms with Crippen molar-refractivity contribution >= 4 is 0 Å². The van der Waals surface area contributed by atoms with Gasteiger partial charge in [-0.1, -0.05) is 20.8 Å². The fraction of sp³-hybridized carbons (Fsp3) is 0.786. The van der Waals surface area contributed by atoms with E-state index in [1.54, 1.807) is 0 Å². The highest BCUT2D eigenvalue weighted by Crippen LogP contribution is 2.24. The summed E-state index contributed by atoms with van der Waals surface area (Å²) in [5.74, 6) is 0. The lowest BCUT2D eigenvalue weighted by molar-refractivity contribution is 0.113. The van der Waals surface area contributed by atoms with E-state index in [4.69, 9.17) is 0 Å². The number of rotatable bonds is 8. The van der Waals surface area contributed by atoms with Gasteiger partial charge in [0.2, 0.25) is 0 Å². The molecule has 1 aromatic rings. The third-order valence-corrected chi connectivity index (χ3v) is 3.98. The molecule has 4 nitrogen and oxygen atoms in total. The molecule has 0 amide bonds. The molecule has 0 bridgehead atoms. The highest BCUT2D eigenvalue weighted by atomic mass is 16.3. The third kappa shape index (κ3) is 3.56. The number of nitrogens with one attached hydrogen (secondary N) is 1. The molecule has 0 aromatic carbocycles. The van der Waals surface area contributed by atoms with Gasteiger partial charge in [0.05, 0.1) is 5.69 Å². The summed E-state index contributed by atoms with van der Waals surface area (Å²) in [7, 11) is 1.96. The van der Waals surface area contributed by atoms with E-state index in [1.165, 1.54) is 5.56 Å². The van der Waals surface area contributed by atoms with E-state index in [9.17, 15) is 5.11 Å². The Labute approximate surface area is 110 Å². The van der Waals surface area contributed by atoms with Crippen LogP contribution in [0, 0.1) is 5.41 Å². The first-order valence-corrected chi connectivity index (χ1v) is 6.93.